The van der Waals surface area contributed by atoms with E-state index in [0.717, 1.165) is 24.3 Å². The Morgan fingerprint density at radius 3 is 2.42 bits per heavy atom. The molecule has 0 N–H and O–H groups in total. The number of hydrogen-bond donors (Lipinski definition) is 0. The average molecular weight is 412 g/mol. The monoisotopic (exact) mass is 411 g/mol. The van der Waals surface area contributed by atoms with E-state index >= 15 is 0 Å². The number of piperazine rings is 1. The largest absolute Gasteiger partial charge is 0.368 e. The third-order valence-electron chi connectivity index (χ3n) is 6.12. The number of amides is 1. The summed E-state index contributed by atoms with van der Waals surface area (Å²) in [7, 11) is 0. The van der Waals surface area contributed by atoms with Gasteiger partial charge in [0.25, 0.3) is 5.91 Å². The maximum absolute atomic E-state index is 13.3. The topological polar surface area (TPSA) is 53.7 Å². The number of anilines is 1. The fraction of sp³-hybridized carbons (Fsp3) is 0.240. The number of nitrogens with zero attached hydrogens (tertiary/aromatic N) is 5. The van der Waals surface area contributed by atoms with E-state index in [1.165, 1.54) is 16.8 Å². The van der Waals surface area contributed by atoms with Crippen molar-refractivity contribution in [3.8, 4) is 11.3 Å². The standard InChI is InChI=1S/C25H25N5O/c1-18-8-9-20(16-19(18)2)23-10-11-26-24-22(17-27-30(23)24)25(31)29-14-12-28(13-15-29)21-6-4-3-5-7-21/h3-11,16-17H,12-15H2,1-2H3. The van der Waals surface area contributed by atoms with Crippen molar-refractivity contribution in [3.63, 3.8) is 0 Å². The number of carbonyl (C=O) groups is 1. The Balaban J connectivity index is 1.40. The lowest BCUT2D eigenvalue weighted by Gasteiger charge is -2.36. The second kappa shape index (κ2) is 7.87. The highest BCUT2D eigenvalue weighted by Gasteiger charge is 2.25. The van der Waals surface area contributed by atoms with E-state index in [0.29, 0.717) is 24.3 Å². The number of para-hydroxylation sites is 1. The minimum atomic E-state index is -0.00699. The van der Waals surface area contributed by atoms with Crippen LogP contribution < -0.4 is 4.90 Å². The minimum absolute atomic E-state index is 0.00699. The van der Waals surface area contributed by atoms with Crippen molar-refractivity contribution in [1.29, 1.82) is 0 Å². The van der Waals surface area contributed by atoms with Crippen molar-refractivity contribution in [2.45, 2.75) is 13.8 Å². The number of benzene rings is 2. The highest BCUT2D eigenvalue weighted by molar-refractivity contribution is 6.00. The molecular weight excluding hydrogens is 386 g/mol. The van der Waals surface area contributed by atoms with Crippen LogP contribution in [0.25, 0.3) is 16.9 Å². The van der Waals surface area contributed by atoms with E-state index in [2.05, 4.69) is 59.2 Å². The van der Waals surface area contributed by atoms with Gasteiger partial charge in [-0.2, -0.15) is 5.10 Å². The lowest BCUT2D eigenvalue weighted by Crippen LogP contribution is -2.48. The third kappa shape index (κ3) is 3.54. The number of hydrogen-bond acceptors (Lipinski definition) is 4. The Hall–Kier alpha value is -3.67. The van der Waals surface area contributed by atoms with Crippen LogP contribution in [-0.2, 0) is 0 Å². The first-order valence-electron chi connectivity index (χ1n) is 10.6. The summed E-state index contributed by atoms with van der Waals surface area (Å²) in [6, 6.07) is 18.6. The van der Waals surface area contributed by atoms with Gasteiger partial charge in [-0.05, 0) is 49.2 Å². The van der Waals surface area contributed by atoms with Crippen molar-refractivity contribution in [3.05, 3.63) is 83.7 Å². The Bertz CT molecular complexity index is 1240. The fourth-order valence-corrected chi connectivity index (χ4v) is 4.14. The predicted octanol–water partition coefficient (Wildman–Crippen LogP) is 3.98. The molecule has 0 radical (unpaired) electrons. The zero-order valence-corrected chi connectivity index (χ0v) is 17.8. The molecule has 5 rings (SSSR count). The van der Waals surface area contributed by atoms with E-state index in [9.17, 15) is 4.79 Å². The molecule has 1 saturated heterocycles. The summed E-state index contributed by atoms with van der Waals surface area (Å²) in [6.45, 7) is 7.20. The number of aryl methyl sites for hydroxylation is 2. The third-order valence-corrected chi connectivity index (χ3v) is 6.12. The smallest absolute Gasteiger partial charge is 0.259 e. The molecule has 0 unspecified atom stereocenters. The molecule has 0 bridgehead atoms. The molecule has 1 fully saturated rings. The number of fused-ring (bicyclic) bond motifs is 1. The molecule has 4 aromatic rings. The van der Waals surface area contributed by atoms with Gasteiger partial charge in [-0.3, -0.25) is 4.79 Å². The summed E-state index contributed by atoms with van der Waals surface area (Å²) in [4.78, 5) is 22.0. The van der Waals surface area contributed by atoms with Gasteiger partial charge >= 0.3 is 0 Å². The van der Waals surface area contributed by atoms with E-state index < -0.39 is 0 Å². The molecule has 6 heteroatoms. The average Bonchev–Trinajstić information content (AvgIpc) is 3.25. The van der Waals surface area contributed by atoms with Crippen LogP contribution >= 0.6 is 0 Å². The zero-order chi connectivity index (χ0) is 21.4. The molecule has 1 amide bonds. The number of rotatable bonds is 3. The van der Waals surface area contributed by atoms with Crippen LogP contribution in [-0.4, -0.2) is 51.6 Å². The van der Waals surface area contributed by atoms with E-state index in [4.69, 9.17) is 0 Å². The van der Waals surface area contributed by atoms with Gasteiger partial charge in [-0.15, -0.1) is 0 Å². The van der Waals surface area contributed by atoms with Gasteiger partial charge in [-0.1, -0.05) is 30.3 Å². The first kappa shape index (κ1) is 19.3. The maximum Gasteiger partial charge on any atom is 0.259 e. The SMILES string of the molecule is Cc1ccc(-c2ccnc3c(C(=O)N4CCN(c5ccccc5)CC4)cnn23)cc1C. The summed E-state index contributed by atoms with van der Waals surface area (Å²) >= 11 is 0. The zero-order valence-electron chi connectivity index (χ0n) is 17.8. The van der Waals surface area contributed by atoms with Crippen LogP contribution in [0.15, 0.2) is 67.0 Å². The number of aromatic nitrogens is 3. The number of carbonyl (C=O) groups excluding carboxylic acids is 1. The molecule has 0 saturated carbocycles. The summed E-state index contributed by atoms with van der Waals surface area (Å²) in [6.07, 6.45) is 3.41. The van der Waals surface area contributed by atoms with Gasteiger partial charge in [0.1, 0.15) is 5.56 Å². The minimum Gasteiger partial charge on any atom is -0.368 e. The molecule has 1 aliphatic heterocycles. The van der Waals surface area contributed by atoms with Crippen LogP contribution in [0, 0.1) is 13.8 Å². The van der Waals surface area contributed by atoms with Crippen LogP contribution in [0.1, 0.15) is 21.5 Å². The lowest BCUT2D eigenvalue weighted by molar-refractivity contribution is 0.0748. The molecule has 3 heterocycles. The molecule has 156 valence electrons. The highest BCUT2D eigenvalue weighted by Crippen LogP contribution is 2.24. The molecule has 1 aliphatic rings. The molecule has 0 atom stereocenters. The fourth-order valence-electron chi connectivity index (χ4n) is 4.14. The Morgan fingerprint density at radius 2 is 1.68 bits per heavy atom. The van der Waals surface area contributed by atoms with E-state index in [-0.39, 0.29) is 5.91 Å². The van der Waals surface area contributed by atoms with Crippen LogP contribution in [0.2, 0.25) is 0 Å². The molecule has 2 aromatic carbocycles. The summed E-state index contributed by atoms with van der Waals surface area (Å²) in [5.74, 6) is -0.00699. The summed E-state index contributed by atoms with van der Waals surface area (Å²) in [5.41, 5.74) is 6.83. The van der Waals surface area contributed by atoms with Crippen LogP contribution in [0.5, 0.6) is 0 Å². The summed E-state index contributed by atoms with van der Waals surface area (Å²) in [5, 5.41) is 4.52. The lowest BCUT2D eigenvalue weighted by atomic mass is 10.0. The normalized spacial score (nSPS) is 14.3. The molecule has 31 heavy (non-hydrogen) atoms. The van der Waals surface area contributed by atoms with Crippen LogP contribution in [0.3, 0.4) is 0 Å². The van der Waals surface area contributed by atoms with Crippen molar-refractivity contribution in [2.24, 2.45) is 0 Å². The van der Waals surface area contributed by atoms with Crippen molar-refractivity contribution in [2.75, 3.05) is 31.1 Å². The van der Waals surface area contributed by atoms with Gasteiger partial charge in [0.2, 0.25) is 0 Å². The predicted molar refractivity (Wildman–Crippen MR) is 122 cm³/mol. The highest BCUT2D eigenvalue weighted by atomic mass is 16.2. The molecule has 0 spiro atoms. The summed E-state index contributed by atoms with van der Waals surface area (Å²) < 4.78 is 1.78. The van der Waals surface area contributed by atoms with Gasteiger partial charge in [0.05, 0.1) is 11.9 Å². The quantitative estimate of drug-likeness (QED) is 0.512. The Morgan fingerprint density at radius 1 is 0.903 bits per heavy atom. The second-order valence-electron chi connectivity index (χ2n) is 8.04. The van der Waals surface area contributed by atoms with Gasteiger partial charge in [0, 0.05) is 43.6 Å². The molecule has 2 aromatic heterocycles. The van der Waals surface area contributed by atoms with Crippen molar-refractivity contribution in [1.82, 2.24) is 19.5 Å². The first-order chi connectivity index (χ1) is 15.1. The molecule has 0 aliphatic carbocycles. The van der Waals surface area contributed by atoms with Crippen molar-refractivity contribution >= 4 is 17.2 Å². The Labute approximate surface area is 181 Å². The van der Waals surface area contributed by atoms with Gasteiger partial charge in [0.15, 0.2) is 5.65 Å². The Kier molecular flexibility index (Phi) is 4.90. The van der Waals surface area contributed by atoms with E-state index in [1.807, 2.05) is 29.2 Å². The molecular formula is C25H25N5O. The van der Waals surface area contributed by atoms with Gasteiger partial charge in [-0.25, -0.2) is 9.50 Å². The van der Waals surface area contributed by atoms with Gasteiger partial charge < -0.3 is 9.80 Å². The second-order valence-corrected chi connectivity index (χ2v) is 8.04. The maximum atomic E-state index is 13.3. The van der Waals surface area contributed by atoms with E-state index in [1.54, 1.807) is 16.9 Å². The first-order valence-corrected chi connectivity index (χ1v) is 10.6. The molecule has 6 nitrogen and oxygen atoms in total. The van der Waals surface area contributed by atoms with Crippen LogP contribution in [0.4, 0.5) is 5.69 Å². The van der Waals surface area contributed by atoms with Crippen molar-refractivity contribution < 1.29 is 4.79 Å².